The van der Waals surface area contributed by atoms with Crippen molar-refractivity contribution < 1.29 is 0 Å². The summed E-state index contributed by atoms with van der Waals surface area (Å²) in [6, 6.07) is 67.9. The first kappa shape index (κ1) is 29.5. The monoisotopic (exact) mass is 668 g/mol. The molecule has 10 aromatic rings. The first-order chi connectivity index (χ1) is 25.3. The Morgan fingerprint density at radius 1 is 0.412 bits per heavy atom. The molecule has 0 saturated heterocycles. The molecule has 2 nitrogen and oxygen atoms in total. The third-order valence-electron chi connectivity index (χ3n) is 9.99. The Kier molecular flexibility index (Phi) is 7.04. The van der Waals surface area contributed by atoms with Gasteiger partial charge in [0.2, 0.25) is 0 Å². The molecule has 240 valence electrons. The molecule has 0 atom stereocenters. The molecule has 0 amide bonds. The van der Waals surface area contributed by atoms with E-state index < -0.39 is 0 Å². The molecule has 0 saturated carbocycles. The van der Waals surface area contributed by atoms with Crippen LogP contribution in [0.1, 0.15) is 0 Å². The molecule has 2 heterocycles. The fraction of sp³-hybridized carbons (Fsp3) is 0. The van der Waals surface area contributed by atoms with Crippen molar-refractivity contribution in [3.63, 3.8) is 0 Å². The molecule has 0 aliphatic heterocycles. The van der Waals surface area contributed by atoms with Crippen molar-refractivity contribution in [2.45, 2.75) is 0 Å². The fourth-order valence-electron chi connectivity index (χ4n) is 7.56. The zero-order valence-electron chi connectivity index (χ0n) is 27.8. The number of para-hydroxylation sites is 1. The highest BCUT2D eigenvalue weighted by Crippen LogP contribution is 2.44. The van der Waals surface area contributed by atoms with Gasteiger partial charge in [0.25, 0.3) is 0 Å². The minimum Gasteiger partial charge on any atom is -0.355 e. The molecule has 0 aliphatic rings. The second kappa shape index (κ2) is 12.2. The van der Waals surface area contributed by atoms with E-state index in [1.807, 2.05) is 11.3 Å². The predicted octanol–water partition coefficient (Wildman–Crippen LogP) is 13.9. The average Bonchev–Trinajstić information content (AvgIpc) is 3.75. The molecule has 0 unspecified atom stereocenters. The van der Waals surface area contributed by atoms with Gasteiger partial charge in [0.05, 0.1) is 11.0 Å². The quantitative estimate of drug-likeness (QED) is 0.187. The first-order valence-electron chi connectivity index (χ1n) is 17.3. The van der Waals surface area contributed by atoms with E-state index >= 15 is 0 Å². The molecule has 1 N–H and O–H groups in total. The van der Waals surface area contributed by atoms with Crippen molar-refractivity contribution in [2.75, 3.05) is 5.32 Å². The van der Waals surface area contributed by atoms with E-state index in [0.29, 0.717) is 0 Å². The largest absolute Gasteiger partial charge is 0.355 e. The van der Waals surface area contributed by atoms with E-state index in [1.54, 1.807) is 0 Å². The molecule has 0 bridgehead atoms. The Labute approximate surface area is 300 Å². The molecule has 8 aromatic carbocycles. The van der Waals surface area contributed by atoms with Gasteiger partial charge in [-0.3, -0.25) is 0 Å². The third kappa shape index (κ3) is 5.10. The van der Waals surface area contributed by atoms with Crippen LogP contribution in [0.2, 0.25) is 0 Å². The molecule has 51 heavy (non-hydrogen) atoms. The third-order valence-corrected chi connectivity index (χ3v) is 11.1. The summed E-state index contributed by atoms with van der Waals surface area (Å²) in [7, 11) is 0. The number of aromatic nitrogens is 1. The molecular formula is C48H32N2S. The smallest absolute Gasteiger partial charge is 0.0634 e. The first-order valence-corrected chi connectivity index (χ1v) is 18.2. The van der Waals surface area contributed by atoms with Crippen LogP contribution in [-0.4, -0.2) is 4.57 Å². The highest BCUT2D eigenvalue weighted by atomic mass is 32.1. The van der Waals surface area contributed by atoms with Gasteiger partial charge in [0.1, 0.15) is 0 Å². The van der Waals surface area contributed by atoms with Crippen molar-refractivity contribution >= 4 is 64.7 Å². The summed E-state index contributed by atoms with van der Waals surface area (Å²) in [5, 5.41) is 8.90. The molecule has 2 aromatic heterocycles. The Balaban J connectivity index is 1.12. The van der Waals surface area contributed by atoms with Crippen LogP contribution in [0.25, 0.3) is 81.0 Å². The van der Waals surface area contributed by atoms with Crippen LogP contribution in [0.5, 0.6) is 0 Å². The van der Waals surface area contributed by atoms with Crippen molar-refractivity contribution in [3.05, 3.63) is 188 Å². The van der Waals surface area contributed by atoms with E-state index in [2.05, 4.69) is 198 Å². The van der Waals surface area contributed by atoms with Gasteiger partial charge in [0.15, 0.2) is 0 Å². The summed E-state index contributed by atoms with van der Waals surface area (Å²) in [6.45, 7) is 0. The number of rotatable bonds is 6. The minimum atomic E-state index is 1.06. The van der Waals surface area contributed by atoms with Crippen molar-refractivity contribution in [2.24, 2.45) is 0 Å². The molecule has 10 rings (SSSR count). The molecule has 3 heteroatoms. The molecule has 0 spiro atoms. The lowest BCUT2D eigenvalue weighted by atomic mass is 9.96. The van der Waals surface area contributed by atoms with Crippen molar-refractivity contribution in [1.29, 1.82) is 0 Å². The molecule has 0 radical (unpaired) electrons. The second-order valence-electron chi connectivity index (χ2n) is 13.0. The van der Waals surface area contributed by atoms with Gasteiger partial charge in [0, 0.05) is 53.6 Å². The second-order valence-corrected chi connectivity index (χ2v) is 14.1. The van der Waals surface area contributed by atoms with Crippen molar-refractivity contribution in [1.82, 2.24) is 4.57 Å². The topological polar surface area (TPSA) is 17.0 Å². The number of nitrogens with one attached hydrogen (secondary N) is 1. The Morgan fingerprint density at radius 2 is 1.04 bits per heavy atom. The number of fused-ring (bicyclic) bond motifs is 7. The minimum absolute atomic E-state index is 1.06. The van der Waals surface area contributed by atoms with Crippen molar-refractivity contribution in [3.8, 4) is 39.1 Å². The lowest BCUT2D eigenvalue weighted by Crippen LogP contribution is -1.95. The van der Waals surface area contributed by atoms with E-state index in [9.17, 15) is 0 Å². The number of hydrogen-bond acceptors (Lipinski definition) is 2. The maximum Gasteiger partial charge on any atom is 0.0634 e. The van der Waals surface area contributed by atoms with Crippen LogP contribution >= 0.6 is 11.3 Å². The zero-order chi connectivity index (χ0) is 33.7. The van der Waals surface area contributed by atoms with Gasteiger partial charge in [-0.1, -0.05) is 127 Å². The lowest BCUT2D eigenvalue weighted by Gasteiger charge is -2.15. The van der Waals surface area contributed by atoms with Gasteiger partial charge in [-0.2, -0.15) is 0 Å². The average molecular weight is 669 g/mol. The number of anilines is 2. The van der Waals surface area contributed by atoms with E-state index in [4.69, 9.17) is 0 Å². The highest BCUT2D eigenvalue weighted by Gasteiger charge is 2.19. The number of hydrogen-bond donors (Lipinski definition) is 1. The normalized spacial score (nSPS) is 11.5. The van der Waals surface area contributed by atoms with Crippen LogP contribution < -0.4 is 5.32 Å². The predicted molar refractivity (Wildman–Crippen MR) is 220 cm³/mol. The van der Waals surface area contributed by atoms with E-state index in [-0.39, 0.29) is 0 Å². The summed E-state index contributed by atoms with van der Waals surface area (Å²) in [4.78, 5) is 0. The number of benzene rings is 8. The van der Waals surface area contributed by atoms with Gasteiger partial charge in [-0.15, -0.1) is 11.3 Å². The molecule has 0 aliphatic carbocycles. The Morgan fingerprint density at radius 3 is 1.82 bits per heavy atom. The summed E-state index contributed by atoms with van der Waals surface area (Å²) in [6.07, 6.45) is 0. The highest BCUT2D eigenvalue weighted by molar-refractivity contribution is 7.26. The van der Waals surface area contributed by atoms with E-state index in [1.165, 1.54) is 81.0 Å². The fourth-order valence-corrected chi connectivity index (χ4v) is 8.67. The van der Waals surface area contributed by atoms with Crippen LogP contribution in [0.3, 0.4) is 0 Å². The lowest BCUT2D eigenvalue weighted by molar-refractivity contribution is 1.19. The SMILES string of the molecule is c1ccc(-c2ccc(Nc3ccc(-c4ccc5c(c4)c4ccc6sc7ccccc7c6c4n5-c4ccccc4)cc3-c3ccccc3)cc2)cc1. The summed E-state index contributed by atoms with van der Waals surface area (Å²) in [5.74, 6) is 0. The van der Waals surface area contributed by atoms with Gasteiger partial charge >= 0.3 is 0 Å². The maximum atomic E-state index is 3.73. The Hall–Kier alpha value is -6.42. The number of thiophene rings is 1. The zero-order valence-corrected chi connectivity index (χ0v) is 28.6. The maximum absolute atomic E-state index is 3.73. The Bertz CT molecular complexity index is 2850. The van der Waals surface area contributed by atoms with Gasteiger partial charge in [-0.25, -0.2) is 0 Å². The van der Waals surface area contributed by atoms with Crippen LogP contribution in [0.15, 0.2) is 188 Å². The number of nitrogens with zero attached hydrogens (tertiary/aromatic N) is 1. The van der Waals surface area contributed by atoms with Gasteiger partial charge in [-0.05, 0) is 88.5 Å². The molecule has 0 fully saturated rings. The van der Waals surface area contributed by atoms with Crippen LogP contribution in [-0.2, 0) is 0 Å². The van der Waals surface area contributed by atoms with Gasteiger partial charge < -0.3 is 9.88 Å². The summed E-state index contributed by atoms with van der Waals surface area (Å²) >= 11 is 1.87. The summed E-state index contributed by atoms with van der Waals surface area (Å²) < 4.78 is 5.09. The van der Waals surface area contributed by atoms with Crippen LogP contribution in [0.4, 0.5) is 11.4 Å². The van der Waals surface area contributed by atoms with E-state index in [0.717, 1.165) is 11.4 Å². The summed E-state index contributed by atoms with van der Waals surface area (Å²) in [5.41, 5.74) is 12.9. The standard InChI is InChI=1S/C48H32N2S/c1-4-12-32(13-5-1)33-20-24-37(25-21-33)49-43-27-22-35(30-41(43)34-14-6-2-7-15-34)36-23-28-44-42(31-36)39-26-29-46-47(40-18-10-11-19-45(40)51-46)48(39)50(44)38-16-8-3-9-17-38/h1-31,49H. The molecular weight excluding hydrogens is 637 g/mol. The van der Waals surface area contributed by atoms with Crippen LogP contribution in [0, 0.1) is 0 Å².